The zero-order chi connectivity index (χ0) is 54.9. The highest BCUT2D eigenvalue weighted by atomic mass is 31.2. The number of unbranched alkanes of at least 4 members (excludes halogenated alkanes) is 35. The van der Waals surface area contributed by atoms with Gasteiger partial charge in [0.2, 0.25) is 5.91 Å². The fraction of sp³-hybridized carbons (Fsp3) is 0.803. The number of aliphatic hydroxyl groups excluding tert-OH is 1. The van der Waals surface area contributed by atoms with Crippen molar-refractivity contribution in [3.8, 4) is 0 Å². The molecule has 8 nitrogen and oxygen atoms in total. The lowest BCUT2D eigenvalue weighted by Gasteiger charge is -2.29. The molecular weight excluding hydrogens is 948 g/mol. The van der Waals surface area contributed by atoms with Gasteiger partial charge in [-0.15, -0.1) is 0 Å². The number of amides is 1. The van der Waals surface area contributed by atoms with Gasteiger partial charge in [0.1, 0.15) is 13.2 Å². The van der Waals surface area contributed by atoms with Gasteiger partial charge in [-0.3, -0.25) is 9.36 Å². The van der Waals surface area contributed by atoms with Crippen molar-refractivity contribution in [2.45, 2.75) is 302 Å². The molecule has 9 heteroatoms. The van der Waals surface area contributed by atoms with Crippen LogP contribution in [0.5, 0.6) is 0 Å². The first kappa shape index (κ1) is 72.9. The molecule has 0 saturated carbocycles. The minimum atomic E-state index is -4.62. The van der Waals surface area contributed by atoms with E-state index in [9.17, 15) is 19.4 Å². The van der Waals surface area contributed by atoms with E-state index in [4.69, 9.17) is 9.05 Å². The molecule has 0 aliphatic rings. The molecule has 0 heterocycles. The van der Waals surface area contributed by atoms with Crippen LogP contribution in [0.3, 0.4) is 0 Å². The Morgan fingerprint density at radius 3 is 1.17 bits per heavy atom. The van der Waals surface area contributed by atoms with Crippen molar-refractivity contribution in [3.05, 3.63) is 72.9 Å². The van der Waals surface area contributed by atoms with E-state index in [-0.39, 0.29) is 12.5 Å². The number of hydrogen-bond donors (Lipinski definition) is 2. The number of phosphoric ester groups is 1. The zero-order valence-corrected chi connectivity index (χ0v) is 50.9. The predicted molar refractivity (Wildman–Crippen MR) is 325 cm³/mol. The van der Waals surface area contributed by atoms with E-state index in [1.54, 1.807) is 6.08 Å². The number of carbonyl (C=O) groups excluding carboxylic acids is 1. The SMILES string of the molecule is CCCCCCC/C=C\C/C=C\C/C=C\CCCCCCCCCCCCCCC(=O)NC(COP(=O)([O-])OCC[N+](C)(C)C)C(O)/C=C/CC/C=C/CC/C=C/CCCCCCCCCCCCCCCCCC. The maximum atomic E-state index is 13.0. The van der Waals surface area contributed by atoms with Gasteiger partial charge in [-0.05, 0) is 83.5 Å². The summed E-state index contributed by atoms with van der Waals surface area (Å²) in [5, 5.41) is 13.9. The molecule has 3 atom stereocenters. The van der Waals surface area contributed by atoms with Crippen LogP contribution in [-0.4, -0.2) is 68.5 Å². The summed E-state index contributed by atoms with van der Waals surface area (Å²) >= 11 is 0. The molecule has 0 saturated heterocycles. The molecule has 75 heavy (non-hydrogen) atoms. The summed E-state index contributed by atoms with van der Waals surface area (Å²) in [5.74, 6) is -0.213. The first-order chi connectivity index (χ1) is 36.5. The third-order valence-corrected chi connectivity index (χ3v) is 15.1. The Kier molecular flexibility index (Phi) is 55.1. The van der Waals surface area contributed by atoms with Gasteiger partial charge in [-0.2, -0.15) is 0 Å². The molecule has 0 aromatic carbocycles. The van der Waals surface area contributed by atoms with E-state index in [0.29, 0.717) is 17.4 Å². The highest BCUT2D eigenvalue weighted by Crippen LogP contribution is 2.38. The molecule has 0 aromatic rings. The standard InChI is InChI=1S/C66H123N2O6P/c1-6-8-10-12-14-16-18-20-22-24-26-28-30-32-34-36-38-40-42-44-46-48-50-52-54-56-58-60-66(70)67-64(63-74-75(71,72)73-62-61-68(3,4)5)65(69)59-57-55-53-51-49-47-45-43-41-39-37-35-33-31-29-27-25-23-21-19-17-15-13-11-9-7-2/h18,20,24,26,30,32,41,43,49,51,57,59,64-65,69H,6-17,19,21-23,25,27-29,31,33-40,42,44-48,50,52-56,58,60-63H2,1-5H3,(H-,67,70,71,72)/b20-18-,26-24-,32-30-,43-41+,51-49+,59-57+. The molecule has 0 aliphatic heterocycles. The fourth-order valence-corrected chi connectivity index (χ4v) is 9.86. The number of nitrogens with zero attached hydrogens (tertiary/aromatic N) is 1. The molecule has 0 fully saturated rings. The summed E-state index contributed by atoms with van der Waals surface area (Å²) in [5.41, 5.74) is 0. The number of likely N-dealkylation sites (N-methyl/N-ethyl adjacent to an activating group) is 1. The van der Waals surface area contributed by atoms with Crippen molar-refractivity contribution in [3.63, 3.8) is 0 Å². The number of nitrogens with one attached hydrogen (secondary N) is 1. The second-order valence-electron chi connectivity index (χ2n) is 22.7. The van der Waals surface area contributed by atoms with Crippen LogP contribution in [0, 0.1) is 0 Å². The van der Waals surface area contributed by atoms with Gasteiger partial charge in [0.05, 0.1) is 39.9 Å². The number of allylic oxidation sites excluding steroid dienone is 11. The van der Waals surface area contributed by atoms with Crippen molar-refractivity contribution in [1.29, 1.82) is 0 Å². The second-order valence-corrected chi connectivity index (χ2v) is 24.2. The Labute approximate surface area is 465 Å². The lowest BCUT2D eigenvalue weighted by Crippen LogP contribution is -2.45. The predicted octanol–water partition coefficient (Wildman–Crippen LogP) is 19.2. The normalized spacial score (nSPS) is 14.3. The van der Waals surface area contributed by atoms with Crippen molar-refractivity contribution < 1.29 is 32.9 Å². The summed E-state index contributed by atoms with van der Waals surface area (Å²) in [4.78, 5) is 25.6. The summed E-state index contributed by atoms with van der Waals surface area (Å²) < 4.78 is 23.4. The monoisotopic (exact) mass is 1070 g/mol. The Morgan fingerprint density at radius 2 is 0.787 bits per heavy atom. The summed E-state index contributed by atoms with van der Waals surface area (Å²) in [6, 6.07) is -0.916. The largest absolute Gasteiger partial charge is 0.756 e. The smallest absolute Gasteiger partial charge is 0.268 e. The van der Waals surface area contributed by atoms with Gasteiger partial charge in [-0.1, -0.05) is 273 Å². The molecule has 0 spiro atoms. The number of quaternary nitrogens is 1. The molecule has 1 amide bonds. The maximum Gasteiger partial charge on any atom is 0.268 e. The molecule has 3 unspecified atom stereocenters. The zero-order valence-electron chi connectivity index (χ0n) is 50.0. The van der Waals surface area contributed by atoms with E-state index in [1.807, 2.05) is 27.2 Å². The Bertz CT molecular complexity index is 1450. The Balaban J connectivity index is 4.23. The fourth-order valence-electron chi connectivity index (χ4n) is 9.14. The summed E-state index contributed by atoms with van der Waals surface area (Å²) in [6.45, 7) is 4.63. The van der Waals surface area contributed by atoms with Crippen LogP contribution in [0.4, 0.5) is 0 Å². The molecule has 438 valence electrons. The topological polar surface area (TPSA) is 108 Å². The van der Waals surface area contributed by atoms with Crippen LogP contribution < -0.4 is 10.2 Å². The first-order valence-corrected chi connectivity index (χ1v) is 33.3. The molecule has 2 N–H and O–H groups in total. The van der Waals surface area contributed by atoms with E-state index in [2.05, 4.69) is 79.9 Å². The lowest BCUT2D eigenvalue weighted by atomic mass is 10.0. The van der Waals surface area contributed by atoms with Crippen molar-refractivity contribution in [2.75, 3.05) is 40.9 Å². The van der Waals surface area contributed by atoms with Crippen LogP contribution in [0.2, 0.25) is 0 Å². The molecule has 0 aliphatic carbocycles. The van der Waals surface area contributed by atoms with Crippen LogP contribution in [-0.2, 0) is 18.4 Å². The van der Waals surface area contributed by atoms with E-state index in [0.717, 1.165) is 57.8 Å². The van der Waals surface area contributed by atoms with Crippen molar-refractivity contribution in [1.82, 2.24) is 5.32 Å². The molecule has 0 aromatic heterocycles. The minimum Gasteiger partial charge on any atom is -0.756 e. The number of rotatable bonds is 58. The Hall–Kier alpha value is -2.06. The second kappa shape index (κ2) is 56.7. The van der Waals surface area contributed by atoms with Crippen LogP contribution >= 0.6 is 7.82 Å². The van der Waals surface area contributed by atoms with Crippen LogP contribution in [0.15, 0.2) is 72.9 Å². The molecule has 0 rings (SSSR count). The van der Waals surface area contributed by atoms with E-state index in [1.165, 1.54) is 212 Å². The highest BCUT2D eigenvalue weighted by Gasteiger charge is 2.23. The Morgan fingerprint density at radius 1 is 0.467 bits per heavy atom. The van der Waals surface area contributed by atoms with Gasteiger partial charge in [-0.25, -0.2) is 0 Å². The first-order valence-electron chi connectivity index (χ1n) is 31.8. The summed E-state index contributed by atoms with van der Waals surface area (Å²) in [6.07, 6.45) is 78.6. The van der Waals surface area contributed by atoms with Gasteiger partial charge in [0.15, 0.2) is 0 Å². The average Bonchev–Trinajstić information content (AvgIpc) is 3.37. The summed E-state index contributed by atoms with van der Waals surface area (Å²) in [7, 11) is 1.23. The number of hydrogen-bond acceptors (Lipinski definition) is 6. The number of phosphoric acid groups is 1. The number of aliphatic hydroxyl groups is 1. The van der Waals surface area contributed by atoms with Gasteiger partial charge in [0, 0.05) is 6.42 Å². The molecule has 0 bridgehead atoms. The lowest BCUT2D eigenvalue weighted by molar-refractivity contribution is -0.870. The van der Waals surface area contributed by atoms with Crippen molar-refractivity contribution >= 4 is 13.7 Å². The quantitative estimate of drug-likeness (QED) is 0.0272. The van der Waals surface area contributed by atoms with Crippen LogP contribution in [0.1, 0.15) is 290 Å². The van der Waals surface area contributed by atoms with Gasteiger partial charge < -0.3 is 28.8 Å². The molecular formula is C66H123N2O6P. The third-order valence-electron chi connectivity index (χ3n) is 14.1. The highest BCUT2D eigenvalue weighted by molar-refractivity contribution is 7.45. The van der Waals surface area contributed by atoms with Crippen molar-refractivity contribution in [2.24, 2.45) is 0 Å². The van der Waals surface area contributed by atoms with E-state index < -0.39 is 26.6 Å². The minimum absolute atomic E-state index is 0.0115. The number of carbonyl (C=O) groups is 1. The molecule has 0 radical (unpaired) electrons. The maximum absolute atomic E-state index is 13.0. The van der Waals surface area contributed by atoms with Gasteiger partial charge >= 0.3 is 0 Å². The van der Waals surface area contributed by atoms with E-state index >= 15 is 0 Å². The van der Waals surface area contributed by atoms with Crippen LogP contribution in [0.25, 0.3) is 0 Å². The van der Waals surface area contributed by atoms with Gasteiger partial charge in [0.25, 0.3) is 7.82 Å². The third kappa shape index (κ3) is 59.4. The average molecular weight is 1070 g/mol.